The van der Waals surface area contributed by atoms with Gasteiger partial charge < -0.3 is 10.6 Å². The van der Waals surface area contributed by atoms with Crippen molar-refractivity contribution in [3.63, 3.8) is 0 Å². The number of hydrogen-bond donors (Lipinski definition) is 1. The van der Waals surface area contributed by atoms with Crippen LogP contribution in [0.15, 0.2) is 48.5 Å². The van der Waals surface area contributed by atoms with Crippen LogP contribution in [-0.2, 0) is 14.4 Å². The Morgan fingerprint density at radius 1 is 1.06 bits per heavy atom. The normalized spacial score (nSPS) is 26.0. The van der Waals surface area contributed by atoms with Crippen molar-refractivity contribution in [2.24, 2.45) is 17.6 Å². The molecule has 0 aliphatic carbocycles. The second-order valence-electron chi connectivity index (χ2n) is 7.95. The van der Waals surface area contributed by atoms with Crippen LogP contribution in [0.5, 0.6) is 0 Å². The topological polar surface area (TPSA) is 127 Å². The number of non-ortho nitro benzene ring substituents is 1. The van der Waals surface area contributed by atoms with E-state index in [1.165, 1.54) is 18.2 Å². The highest BCUT2D eigenvalue weighted by molar-refractivity contribution is 6.25. The number of rotatable bonds is 3. The Balaban J connectivity index is 1.63. The zero-order valence-corrected chi connectivity index (χ0v) is 16.5. The van der Waals surface area contributed by atoms with E-state index in [-0.39, 0.29) is 11.4 Å². The Kier molecular flexibility index (Phi) is 3.98. The first-order chi connectivity index (χ1) is 14.8. The second kappa shape index (κ2) is 6.49. The lowest BCUT2D eigenvalue weighted by molar-refractivity contribution is -0.384. The number of nitro benzene ring substituents is 1. The minimum Gasteiger partial charge on any atom is -0.368 e. The minimum atomic E-state index is -0.999. The zero-order valence-electron chi connectivity index (χ0n) is 16.5. The molecule has 0 spiro atoms. The van der Waals surface area contributed by atoms with Gasteiger partial charge >= 0.3 is 0 Å². The van der Waals surface area contributed by atoms with E-state index in [0.29, 0.717) is 5.56 Å². The average Bonchev–Trinajstić information content (AvgIpc) is 3.22. The van der Waals surface area contributed by atoms with Crippen molar-refractivity contribution in [3.8, 4) is 0 Å². The molecular weight excluding hydrogens is 400 g/mol. The standard InChI is InChI=1S/C22H18N4O5/c1-11-6-8-13(26(30)31)10-16(11)25-21(28)17-15-9-7-12-4-2-3-5-14(12)24(15)19(20(23)27)18(17)22(25)29/h2-10,15,17-19H,1H3,(H2,23,27). The van der Waals surface area contributed by atoms with Crippen LogP contribution in [0.2, 0.25) is 0 Å². The summed E-state index contributed by atoms with van der Waals surface area (Å²) in [6.07, 6.45) is 3.69. The van der Waals surface area contributed by atoms with Crippen LogP contribution in [0.4, 0.5) is 17.1 Å². The first kappa shape index (κ1) is 19.0. The zero-order chi connectivity index (χ0) is 22.0. The first-order valence-corrected chi connectivity index (χ1v) is 9.79. The molecule has 3 aliphatic rings. The van der Waals surface area contributed by atoms with Gasteiger partial charge in [0.05, 0.1) is 28.5 Å². The van der Waals surface area contributed by atoms with E-state index in [1.807, 2.05) is 36.4 Å². The fourth-order valence-electron chi connectivity index (χ4n) is 5.03. The van der Waals surface area contributed by atoms with E-state index in [0.717, 1.165) is 16.2 Å². The summed E-state index contributed by atoms with van der Waals surface area (Å²) in [4.78, 5) is 52.9. The average molecular weight is 418 g/mol. The van der Waals surface area contributed by atoms with Crippen LogP contribution in [0.1, 0.15) is 11.1 Å². The first-order valence-electron chi connectivity index (χ1n) is 9.79. The summed E-state index contributed by atoms with van der Waals surface area (Å²) in [5, 5.41) is 11.2. The Bertz CT molecular complexity index is 1210. The van der Waals surface area contributed by atoms with Crippen molar-refractivity contribution < 1.29 is 19.3 Å². The van der Waals surface area contributed by atoms with Gasteiger partial charge in [0.25, 0.3) is 5.69 Å². The molecule has 9 heteroatoms. The molecule has 2 fully saturated rings. The monoisotopic (exact) mass is 418 g/mol. The predicted molar refractivity (Wildman–Crippen MR) is 112 cm³/mol. The van der Waals surface area contributed by atoms with Gasteiger partial charge in [-0.25, -0.2) is 4.90 Å². The quantitative estimate of drug-likeness (QED) is 0.460. The van der Waals surface area contributed by atoms with E-state index in [2.05, 4.69) is 0 Å². The van der Waals surface area contributed by atoms with Crippen molar-refractivity contribution in [2.75, 3.05) is 9.80 Å². The van der Waals surface area contributed by atoms with Crippen molar-refractivity contribution in [1.29, 1.82) is 0 Å². The smallest absolute Gasteiger partial charge is 0.271 e. The predicted octanol–water partition coefficient (Wildman–Crippen LogP) is 1.78. The number of primary amides is 1. The molecule has 5 rings (SSSR count). The highest BCUT2D eigenvalue weighted by atomic mass is 16.6. The lowest BCUT2D eigenvalue weighted by Gasteiger charge is -2.36. The molecule has 2 saturated heterocycles. The third-order valence-electron chi connectivity index (χ3n) is 6.35. The maximum atomic E-state index is 13.5. The summed E-state index contributed by atoms with van der Waals surface area (Å²) in [5.41, 5.74) is 7.82. The summed E-state index contributed by atoms with van der Waals surface area (Å²) < 4.78 is 0. The Morgan fingerprint density at radius 2 is 1.77 bits per heavy atom. The number of anilines is 2. The summed E-state index contributed by atoms with van der Waals surface area (Å²) in [6.45, 7) is 1.67. The molecule has 0 saturated carbocycles. The van der Waals surface area contributed by atoms with Gasteiger partial charge in [-0.05, 0) is 24.1 Å². The molecule has 0 bridgehead atoms. The molecule has 3 aliphatic heterocycles. The van der Waals surface area contributed by atoms with Crippen LogP contribution in [-0.4, -0.2) is 34.7 Å². The molecule has 0 aromatic heterocycles. The van der Waals surface area contributed by atoms with Gasteiger partial charge in [0.15, 0.2) is 0 Å². The van der Waals surface area contributed by atoms with Gasteiger partial charge in [-0.3, -0.25) is 24.5 Å². The van der Waals surface area contributed by atoms with Gasteiger partial charge in [-0.15, -0.1) is 0 Å². The summed E-state index contributed by atoms with van der Waals surface area (Å²) in [7, 11) is 0. The largest absolute Gasteiger partial charge is 0.368 e. The van der Waals surface area contributed by atoms with Gasteiger partial charge in [0.2, 0.25) is 17.7 Å². The number of imide groups is 1. The number of nitrogens with zero attached hydrogens (tertiary/aromatic N) is 3. The fraction of sp³-hybridized carbons (Fsp3) is 0.227. The minimum absolute atomic E-state index is 0.161. The Labute approximate surface area is 176 Å². The summed E-state index contributed by atoms with van der Waals surface area (Å²) in [6, 6.07) is 9.92. The molecule has 0 radical (unpaired) electrons. The van der Waals surface area contributed by atoms with E-state index in [9.17, 15) is 24.5 Å². The molecule has 156 valence electrons. The van der Waals surface area contributed by atoms with E-state index < -0.39 is 46.6 Å². The lowest BCUT2D eigenvalue weighted by Crippen LogP contribution is -2.51. The number of fused-ring (bicyclic) bond motifs is 5. The summed E-state index contributed by atoms with van der Waals surface area (Å²) in [5.74, 6) is -3.52. The molecule has 4 atom stereocenters. The third-order valence-corrected chi connectivity index (χ3v) is 6.35. The SMILES string of the molecule is Cc1ccc([N+](=O)[O-])cc1N1C(=O)C2C(C1=O)C(C(N)=O)N1c3ccccc3C=CC21. The van der Waals surface area contributed by atoms with Crippen molar-refractivity contribution in [1.82, 2.24) is 0 Å². The van der Waals surface area contributed by atoms with E-state index in [1.54, 1.807) is 11.8 Å². The van der Waals surface area contributed by atoms with Crippen molar-refractivity contribution in [2.45, 2.75) is 19.0 Å². The van der Waals surface area contributed by atoms with E-state index >= 15 is 0 Å². The van der Waals surface area contributed by atoms with Gasteiger partial charge in [0, 0.05) is 17.8 Å². The summed E-state index contributed by atoms with van der Waals surface area (Å²) >= 11 is 0. The number of nitro groups is 1. The van der Waals surface area contributed by atoms with Crippen LogP contribution in [0, 0.1) is 28.9 Å². The van der Waals surface area contributed by atoms with E-state index in [4.69, 9.17) is 5.73 Å². The number of nitrogens with two attached hydrogens (primary N) is 1. The van der Waals surface area contributed by atoms with Crippen LogP contribution >= 0.6 is 0 Å². The number of benzene rings is 2. The van der Waals surface area contributed by atoms with Crippen LogP contribution in [0.3, 0.4) is 0 Å². The highest BCUT2D eigenvalue weighted by Gasteiger charge is 2.64. The highest BCUT2D eigenvalue weighted by Crippen LogP contribution is 2.49. The number of carbonyl (C=O) groups is 3. The number of aryl methyl sites for hydroxylation is 1. The number of para-hydroxylation sites is 1. The molecule has 2 aromatic rings. The van der Waals surface area contributed by atoms with Crippen molar-refractivity contribution in [3.05, 3.63) is 69.8 Å². The Morgan fingerprint density at radius 3 is 2.48 bits per heavy atom. The molecule has 4 unspecified atom stereocenters. The molecule has 2 N–H and O–H groups in total. The number of amides is 3. The number of carbonyl (C=O) groups excluding carboxylic acids is 3. The lowest BCUT2D eigenvalue weighted by atomic mass is 9.88. The van der Waals surface area contributed by atoms with Gasteiger partial charge in [0.1, 0.15) is 6.04 Å². The number of hydrogen-bond acceptors (Lipinski definition) is 6. The molecule has 31 heavy (non-hydrogen) atoms. The van der Waals surface area contributed by atoms with Crippen molar-refractivity contribution >= 4 is 40.9 Å². The third kappa shape index (κ3) is 2.52. The van der Waals surface area contributed by atoms with Crippen LogP contribution < -0.4 is 15.5 Å². The van der Waals surface area contributed by atoms with Gasteiger partial charge in [-0.2, -0.15) is 0 Å². The molecular formula is C22H18N4O5. The maximum Gasteiger partial charge on any atom is 0.271 e. The molecule has 2 aromatic carbocycles. The molecule has 3 amide bonds. The van der Waals surface area contributed by atoms with Gasteiger partial charge in [-0.1, -0.05) is 36.4 Å². The molecule has 9 nitrogen and oxygen atoms in total. The van der Waals surface area contributed by atoms with Crippen LogP contribution in [0.25, 0.3) is 6.08 Å². The second-order valence-corrected chi connectivity index (χ2v) is 7.95. The maximum absolute atomic E-state index is 13.5. The Hall–Kier alpha value is -4.01. The fourth-order valence-corrected chi connectivity index (χ4v) is 5.03. The molecule has 3 heterocycles.